The van der Waals surface area contributed by atoms with Gasteiger partial charge in [0.1, 0.15) is 5.69 Å². The van der Waals surface area contributed by atoms with Gasteiger partial charge in [-0.15, -0.1) is 0 Å². The Hall–Kier alpha value is -2.18. The van der Waals surface area contributed by atoms with Crippen LogP contribution >= 0.6 is 0 Å². The number of aryl methyl sites for hydroxylation is 1. The van der Waals surface area contributed by atoms with E-state index in [9.17, 15) is 4.79 Å². The third-order valence-electron chi connectivity index (χ3n) is 3.38. The molecule has 0 fully saturated rings. The number of aromatic amines is 1. The van der Waals surface area contributed by atoms with Crippen LogP contribution in [0.1, 0.15) is 16.1 Å². The molecule has 1 aromatic carbocycles. The van der Waals surface area contributed by atoms with Crippen LogP contribution in [-0.4, -0.2) is 59.5 Å². The highest BCUT2D eigenvalue weighted by molar-refractivity contribution is 5.93. The molecule has 6 heteroatoms. The number of H-pyrrole nitrogens is 1. The third-order valence-corrected chi connectivity index (χ3v) is 3.38. The van der Waals surface area contributed by atoms with Crippen LogP contribution in [0.15, 0.2) is 30.3 Å². The number of ether oxygens (including phenoxy) is 1. The molecule has 1 heterocycles. The molecule has 0 aliphatic heterocycles. The van der Waals surface area contributed by atoms with Gasteiger partial charge in [0.2, 0.25) is 0 Å². The van der Waals surface area contributed by atoms with Crippen molar-refractivity contribution in [3.8, 4) is 11.3 Å². The van der Waals surface area contributed by atoms with Crippen LogP contribution in [0, 0.1) is 6.92 Å². The molecular formula is C16H21N3O3. The van der Waals surface area contributed by atoms with Crippen molar-refractivity contribution in [2.45, 2.75) is 6.92 Å². The van der Waals surface area contributed by atoms with Crippen LogP contribution in [0.3, 0.4) is 0 Å². The number of amides is 1. The highest BCUT2D eigenvalue weighted by atomic mass is 16.5. The second-order valence-electron chi connectivity index (χ2n) is 5.04. The second kappa shape index (κ2) is 7.72. The first kappa shape index (κ1) is 16.2. The number of methoxy groups -OCH3 is 1. The van der Waals surface area contributed by atoms with Crippen molar-refractivity contribution in [2.75, 3.05) is 33.4 Å². The fraction of sp³-hybridized carbons (Fsp3) is 0.375. The lowest BCUT2D eigenvalue weighted by molar-refractivity contribution is 0.0651. The summed E-state index contributed by atoms with van der Waals surface area (Å²) in [5.74, 6) is -0.197. The van der Waals surface area contributed by atoms with Crippen LogP contribution in [0.5, 0.6) is 0 Å². The average molecular weight is 303 g/mol. The van der Waals surface area contributed by atoms with Crippen LogP contribution in [0.25, 0.3) is 11.3 Å². The maximum Gasteiger partial charge on any atom is 0.272 e. The van der Waals surface area contributed by atoms with E-state index in [2.05, 4.69) is 10.2 Å². The smallest absolute Gasteiger partial charge is 0.272 e. The number of benzene rings is 1. The van der Waals surface area contributed by atoms with Gasteiger partial charge in [0.25, 0.3) is 5.91 Å². The Labute approximate surface area is 129 Å². The van der Waals surface area contributed by atoms with E-state index in [4.69, 9.17) is 9.84 Å². The van der Waals surface area contributed by atoms with Gasteiger partial charge in [-0.3, -0.25) is 9.89 Å². The molecule has 2 aromatic rings. The molecule has 0 bridgehead atoms. The number of nitrogens with zero attached hydrogens (tertiary/aromatic N) is 2. The largest absolute Gasteiger partial charge is 0.395 e. The molecule has 1 aromatic heterocycles. The number of aliphatic hydroxyl groups excluding tert-OH is 1. The lowest BCUT2D eigenvalue weighted by Crippen LogP contribution is -2.36. The first-order chi connectivity index (χ1) is 10.7. The number of carbonyl (C=O) groups excluding carboxylic acids is 1. The molecule has 0 aliphatic rings. The molecule has 0 unspecified atom stereocenters. The summed E-state index contributed by atoms with van der Waals surface area (Å²) < 4.78 is 4.99. The first-order valence-corrected chi connectivity index (χ1v) is 7.17. The Morgan fingerprint density at radius 3 is 2.68 bits per heavy atom. The molecular weight excluding hydrogens is 282 g/mol. The molecule has 0 atom stereocenters. The summed E-state index contributed by atoms with van der Waals surface area (Å²) >= 11 is 0. The highest BCUT2D eigenvalue weighted by Gasteiger charge is 2.18. The van der Waals surface area contributed by atoms with E-state index in [0.717, 1.165) is 11.3 Å². The zero-order chi connectivity index (χ0) is 15.9. The summed E-state index contributed by atoms with van der Waals surface area (Å²) in [5, 5.41) is 16.0. The van der Waals surface area contributed by atoms with Gasteiger partial charge in [0.05, 0.1) is 18.9 Å². The topological polar surface area (TPSA) is 78.5 Å². The van der Waals surface area contributed by atoms with Gasteiger partial charge >= 0.3 is 0 Å². The minimum absolute atomic E-state index is 0.0889. The summed E-state index contributed by atoms with van der Waals surface area (Å²) in [6.07, 6.45) is 0. The van der Waals surface area contributed by atoms with Gasteiger partial charge in [-0.1, -0.05) is 29.8 Å². The summed E-state index contributed by atoms with van der Waals surface area (Å²) in [7, 11) is 1.58. The van der Waals surface area contributed by atoms with Crippen molar-refractivity contribution in [2.24, 2.45) is 0 Å². The maximum absolute atomic E-state index is 12.4. The minimum Gasteiger partial charge on any atom is -0.395 e. The quantitative estimate of drug-likeness (QED) is 0.812. The number of hydrogen-bond donors (Lipinski definition) is 2. The molecule has 0 saturated carbocycles. The van der Waals surface area contributed by atoms with Gasteiger partial charge in [-0.2, -0.15) is 5.10 Å². The molecule has 0 saturated heterocycles. The van der Waals surface area contributed by atoms with Crippen LogP contribution in [-0.2, 0) is 4.74 Å². The fourth-order valence-electron chi connectivity index (χ4n) is 2.11. The monoisotopic (exact) mass is 303 g/mol. The van der Waals surface area contributed by atoms with Gasteiger partial charge in [0.15, 0.2) is 0 Å². The van der Waals surface area contributed by atoms with Crippen molar-refractivity contribution in [3.05, 3.63) is 41.6 Å². The fourth-order valence-corrected chi connectivity index (χ4v) is 2.11. The Balaban J connectivity index is 2.14. The average Bonchev–Trinajstić information content (AvgIpc) is 3.01. The predicted molar refractivity (Wildman–Crippen MR) is 83.6 cm³/mol. The second-order valence-corrected chi connectivity index (χ2v) is 5.04. The van der Waals surface area contributed by atoms with Crippen molar-refractivity contribution in [1.29, 1.82) is 0 Å². The van der Waals surface area contributed by atoms with Crippen LogP contribution in [0.2, 0.25) is 0 Å². The Kier molecular flexibility index (Phi) is 5.68. The predicted octanol–water partition coefficient (Wildman–Crippen LogP) is 1.47. The molecule has 6 nitrogen and oxygen atoms in total. The molecule has 118 valence electrons. The van der Waals surface area contributed by atoms with Crippen molar-refractivity contribution >= 4 is 5.91 Å². The minimum atomic E-state index is -0.197. The van der Waals surface area contributed by atoms with E-state index in [1.54, 1.807) is 13.2 Å². The van der Waals surface area contributed by atoms with Gasteiger partial charge < -0.3 is 14.7 Å². The molecule has 0 spiro atoms. The van der Waals surface area contributed by atoms with Crippen molar-refractivity contribution < 1.29 is 14.6 Å². The zero-order valence-corrected chi connectivity index (χ0v) is 12.9. The van der Waals surface area contributed by atoms with Crippen LogP contribution < -0.4 is 0 Å². The molecule has 22 heavy (non-hydrogen) atoms. The van der Waals surface area contributed by atoms with Crippen molar-refractivity contribution in [1.82, 2.24) is 15.1 Å². The number of hydrogen-bond acceptors (Lipinski definition) is 4. The summed E-state index contributed by atoms with van der Waals surface area (Å²) in [6.45, 7) is 3.04. The highest BCUT2D eigenvalue weighted by Crippen LogP contribution is 2.18. The van der Waals surface area contributed by atoms with Crippen LogP contribution in [0.4, 0.5) is 0 Å². The third kappa shape index (κ3) is 3.93. The normalized spacial score (nSPS) is 10.7. The molecule has 0 aliphatic carbocycles. The van der Waals surface area contributed by atoms with E-state index < -0.39 is 0 Å². The lowest BCUT2D eigenvalue weighted by atomic mass is 10.1. The van der Waals surface area contributed by atoms with E-state index in [0.29, 0.717) is 18.8 Å². The van der Waals surface area contributed by atoms with Gasteiger partial charge in [-0.05, 0) is 13.0 Å². The zero-order valence-electron chi connectivity index (χ0n) is 12.9. The number of nitrogens with one attached hydrogen (secondary N) is 1. The van der Waals surface area contributed by atoms with Gasteiger partial charge in [0, 0.05) is 25.8 Å². The van der Waals surface area contributed by atoms with Gasteiger partial charge in [-0.25, -0.2) is 0 Å². The number of aromatic nitrogens is 2. The van der Waals surface area contributed by atoms with Crippen molar-refractivity contribution in [3.63, 3.8) is 0 Å². The Bertz CT molecular complexity index is 607. The lowest BCUT2D eigenvalue weighted by Gasteiger charge is -2.20. The number of rotatable bonds is 7. The molecule has 0 radical (unpaired) electrons. The number of carbonyl (C=O) groups is 1. The van der Waals surface area contributed by atoms with E-state index in [1.807, 2.05) is 31.2 Å². The molecule has 2 rings (SSSR count). The van der Waals surface area contributed by atoms with E-state index in [-0.39, 0.29) is 19.1 Å². The maximum atomic E-state index is 12.4. The molecule has 2 N–H and O–H groups in total. The SMILES string of the molecule is COCCN(CCO)C(=O)c1cc(-c2ccc(C)cc2)n[nH]1. The Morgan fingerprint density at radius 1 is 1.32 bits per heavy atom. The summed E-state index contributed by atoms with van der Waals surface area (Å²) in [4.78, 5) is 14.0. The number of aliphatic hydroxyl groups is 1. The Morgan fingerprint density at radius 2 is 2.05 bits per heavy atom. The first-order valence-electron chi connectivity index (χ1n) is 7.17. The van der Waals surface area contributed by atoms with E-state index in [1.165, 1.54) is 10.5 Å². The molecule has 1 amide bonds. The summed E-state index contributed by atoms with van der Waals surface area (Å²) in [6, 6.07) is 9.67. The summed E-state index contributed by atoms with van der Waals surface area (Å²) in [5.41, 5.74) is 3.25. The van der Waals surface area contributed by atoms with E-state index >= 15 is 0 Å². The standard InChI is InChI=1S/C16H21N3O3/c1-12-3-5-13(6-4-12)14-11-15(18-17-14)16(21)19(7-9-20)8-10-22-2/h3-6,11,20H,7-10H2,1-2H3,(H,17,18).